The zero-order chi connectivity index (χ0) is 24.8. The number of benzene rings is 2. The molecule has 0 aliphatic heterocycles. The zero-order valence-corrected chi connectivity index (χ0v) is 20.3. The number of anilines is 2. The molecule has 0 aliphatic rings. The first kappa shape index (κ1) is 25.0. The van der Waals surface area contributed by atoms with Gasteiger partial charge < -0.3 is 15.5 Å². The molecular formula is C25H27FN4O3S. The Balaban J connectivity index is 1.57. The molecule has 0 aliphatic carbocycles. The van der Waals surface area contributed by atoms with Crippen LogP contribution in [0, 0.1) is 19.7 Å². The van der Waals surface area contributed by atoms with Crippen molar-refractivity contribution in [2.45, 2.75) is 40.2 Å². The number of carbonyl (C=O) groups is 3. The molecule has 0 unspecified atom stereocenters. The third-order valence-electron chi connectivity index (χ3n) is 5.22. The van der Waals surface area contributed by atoms with E-state index in [0.29, 0.717) is 16.4 Å². The monoisotopic (exact) mass is 482 g/mol. The molecule has 0 bridgehead atoms. The minimum Gasteiger partial charge on any atom is -0.327 e. The smallest absolute Gasteiger partial charge is 0.254 e. The number of halogens is 1. The summed E-state index contributed by atoms with van der Waals surface area (Å²) in [5.41, 5.74) is 3.79. The summed E-state index contributed by atoms with van der Waals surface area (Å²) in [4.78, 5) is 43.4. The number of amides is 3. The molecule has 9 heteroatoms. The van der Waals surface area contributed by atoms with Crippen LogP contribution in [0.15, 0.2) is 47.8 Å². The fourth-order valence-electron chi connectivity index (χ4n) is 3.20. The molecule has 0 spiro atoms. The molecule has 0 saturated heterocycles. The van der Waals surface area contributed by atoms with Crippen molar-refractivity contribution in [3.63, 3.8) is 0 Å². The Kier molecular flexibility index (Phi) is 8.12. The zero-order valence-electron chi connectivity index (χ0n) is 19.5. The van der Waals surface area contributed by atoms with Crippen LogP contribution in [-0.4, -0.2) is 40.2 Å². The van der Waals surface area contributed by atoms with E-state index < -0.39 is 11.7 Å². The van der Waals surface area contributed by atoms with Crippen molar-refractivity contribution in [1.29, 1.82) is 0 Å². The number of hydrogen-bond acceptors (Lipinski definition) is 5. The van der Waals surface area contributed by atoms with Crippen molar-refractivity contribution in [1.82, 2.24) is 9.88 Å². The van der Waals surface area contributed by atoms with Crippen LogP contribution in [0.4, 0.5) is 15.2 Å². The predicted octanol–water partition coefficient (Wildman–Crippen LogP) is 4.57. The second-order valence-corrected chi connectivity index (χ2v) is 9.11. The SMILES string of the molecule is Cc1ccc(NC(=O)Cc2csc(NC(=O)CN(C(=O)c3ccc(F)cc3)C(C)C)n2)cc1C. The number of nitrogens with one attached hydrogen (secondary N) is 2. The maximum Gasteiger partial charge on any atom is 0.254 e. The topological polar surface area (TPSA) is 91.4 Å². The second kappa shape index (κ2) is 11.0. The van der Waals surface area contributed by atoms with Gasteiger partial charge >= 0.3 is 0 Å². The number of aryl methyl sites for hydroxylation is 2. The molecule has 7 nitrogen and oxygen atoms in total. The third kappa shape index (κ3) is 6.71. The summed E-state index contributed by atoms with van der Waals surface area (Å²) in [6.07, 6.45) is 0.0699. The van der Waals surface area contributed by atoms with Gasteiger partial charge in [-0.15, -0.1) is 11.3 Å². The van der Waals surface area contributed by atoms with Gasteiger partial charge in [0.15, 0.2) is 5.13 Å². The van der Waals surface area contributed by atoms with Crippen molar-refractivity contribution >= 4 is 39.9 Å². The summed E-state index contributed by atoms with van der Waals surface area (Å²) < 4.78 is 13.2. The fraction of sp³-hybridized carbons (Fsp3) is 0.280. The van der Waals surface area contributed by atoms with Gasteiger partial charge in [-0.3, -0.25) is 14.4 Å². The number of rotatable bonds is 8. The Labute approximate surface area is 202 Å². The number of hydrogen-bond donors (Lipinski definition) is 2. The van der Waals surface area contributed by atoms with Gasteiger partial charge in [0, 0.05) is 22.7 Å². The van der Waals surface area contributed by atoms with Crippen LogP contribution in [0.1, 0.15) is 41.0 Å². The minimum atomic E-state index is -0.437. The number of aromatic nitrogens is 1. The van der Waals surface area contributed by atoms with Crippen molar-refractivity contribution in [3.8, 4) is 0 Å². The van der Waals surface area contributed by atoms with E-state index in [2.05, 4.69) is 15.6 Å². The summed E-state index contributed by atoms with van der Waals surface area (Å²) >= 11 is 1.20. The van der Waals surface area contributed by atoms with Gasteiger partial charge in [-0.2, -0.15) is 0 Å². The number of thiazole rings is 1. The van der Waals surface area contributed by atoms with Crippen LogP contribution in [0.3, 0.4) is 0 Å². The third-order valence-corrected chi connectivity index (χ3v) is 6.03. The average Bonchev–Trinajstić information content (AvgIpc) is 3.20. The summed E-state index contributed by atoms with van der Waals surface area (Å²) in [6, 6.07) is 10.7. The minimum absolute atomic E-state index is 0.0699. The van der Waals surface area contributed by atoms with Gasteiger partial charge in [-0.25, -0.2) is 9.37 Å². The highest BCUT2D eigenvalue weighted by Gasteiger charge is 2.22. The van der Waals surface area contributed by atoms with E-state index in [9.17, 15) is 18.8 Å². The first-order chi connectivity index (χ1) is 16.1. The molecule has 2 N–H and O–H groups in total. The molecule has 178 valence electrons. The summed E-state index contributed by atoms with van der Waals surface area (Å²) in [5.74, 6) is -1.42. The predicted molar refractivity (Wildman–Crippen MR) is 132 cm³/mol. The molecule has 1 heterocycles. The lowest BCUT2D eigenvalue weighted by molar-refractivity contribution is -0.117. The Hall–Kier alpha value is -3.59. The Bertz CT molecular complexity index is 1190. The largest absolute Gasteiger partial charge is 0.327 e. The van der Waals surface area contributed by atoms with Crippen molar-refractivity contribution in [2.75, 3.05) is 17.2 Å². The van der Waals surface area contributed by atoms with E-state index in [1.165, 1.54) is 40.5 Å². The quantitative estimate of drug-likeness (QED) is 0.492. The molecular weight excluding hydrogens is 455 g/mol. The molecule has 34 heavy (non-hydrogen) atoms. The molecule has 0 radical (unpaired) electrons. The van der Waals surface area contributed by atoms with E-state index in [0.717, 1.165) is 16.8 Å². The van der Waals surface area contributed by atoms with Gasteiger partial charge in [0.1, 0.15) is 12.4 Å². The van der Waals surface area contributed by atoms with Crippen LogP contribution in [0.2, 0.25) is 0 Å². The molecule has 3 amide bonds. The molecule has 3 rings (SSSR count). The van der Waals surface area contributed by atoms with E-state index >= 15 is 0 Å². The van der Waals surface area contributed by atoms with Gasteiger partial charge in [-0.1, -0.05) is 6.07 Å². The Morgan fingerprint density at radius 3 is 2.35 bits per heavy atom. The highest BCUT2D eigenvalue weighted by molar-refractivity contribution is 7.13. The number of carbonyl (C=O) groups excluding carboxylic acids is 3. The maximum absolute atomic E-state index is 13.2. The maximum atomic E-state index is 13.2. The normalized spacial score (nSPS) is 10.8. The molecule has 0 fully saturated rings. The summed E-state index contributed by atoms with van der Waals surface area (Å²) in [6.45, 7) is 7.39. The molecule has 0 atom stereocenters. The second-order valence-electron chi connectivity index (χ2n) is 8.25. The Morgan fingerprint density at radius 2 is 1.71 bits per heavy atom. The lowest BCUT2D eigenvalue weighted by Gasteiger charge is -2.26. The first-order valence-electron chi connectivity index (χ1n) is 10.8. The lowest BCUT2D eigenvalue weighted by Crippen LogP contribution is -2.42. The van der Waals surface area contributed by atoms with E-state index in [4.69, 9.17) is 0 Å². The van der Waals surface area contributed by atoms with E-state index in [1.807, 2.05) is 32.0 Å². The molecule has 2 aromatic carbocycles. The van der Waals surface area contributed by atoms with Gasteiger partial charge in [0.2, 0.25) is 11.8 Å². The average molecular weight is 483 g/mol. The van der Waals surface area contributed by atoms with E-state index in [-0.39, 0.29) is 30.8 Å². The summed E-state index contributed by atoms with van der Waals surface area (Å²) in [5, 5.41) is 7.58. The number of nitrogens with zero attached hydrogens (tertiary/aromatic N) is 2. The lowest BCUT2D eigenvalue weighted by atomic mass is 10.1. The van der Waals surface area contributed by atoms with Crippen molar-refractivity contribution in [3.05, 3.63) is 76.0 Å². The van der Waals surface area contributed by atoms with Crippen molar-refractivity contribution < 1.29 is 18.8 Å². The highest BCUT2D eigenvalue weighted by atomic mass is 32.1. The molecule has 1 aromatic heterocycles. The van der Waals surface area contributed by atoms with Crippen molar-refractivity contribution in [2.24, 2.45) is 0 Å². The molecule has 0 saturated carbocycles. The highest BCUT2D eigenvalue weighted by Crippen LogP contribution is 2.18. The van der Waals surface area contributed by atoms with Gasteiger partial charge in [0.05, 0.1) is 12.1 Å². The van der Waals surface area contributed by atoms with Crippen LogP contribution < -0.4 is 10.6 Å². The van der Waals surface area contributed by atoms with Crippen LogP contribution in [0.5, 0.6) is 0 Å². The Morgan fingerprint density at radius 1 is 1.00 bits per heavy atom. The first-order valence-corrected chi connectivity index (χ1v) is 11.7. The van der Waals surface area contributed by atoms with Crippen LogP contribution in [-0.2, 0) is 16.0 Å². The van der Waals surface area contributed by atoms with Crippen LogP contribution >= 0.6 is 11.3 Å². The summed E-state index contributed by atoms with van der Waals surface area (Å²) in [7, 11) is 0. The van der Waals surface area contributed by atoms with Gasteiger partial charge in [0.25, 0.3) is 5.91 Å². The molecule has 3 aromatic rings. The van der Waals surface area contributed by atoms with E-state index in [1.54, 1.807) is 19.2 Å². The van der Waals surface area contributed by atoms with Crippen LogP contribution in [0.25, 0.3) is 0 Å². The van der Waals surface area contributed by atoms with Gasteiger partial charge in [-0.05, 0) is 75.2 Å². The fourth-order valence-corrected chi connectivity index (χ4v) is 3.92. The standard InChI is InChI=1S/C25H27FN4O3S/c1-15(2)30(24(33)18-6-8-19(26)9-7-18)13-23(32)29-25-28-21(14-34-25)12-22(31)27-20-10-5-16(3)17(4)11-20/h5-11,14-15H,12-13H2,1-4H3,(H,27,31)(H,28,29,32).